The molecule has 0 bridgehead atoms. The van der Waals surface area contributed by atoms with Gasteiger partial charge in [-0.3, -0.25) is 0 Å². The van der Waals surface area contributed by atoms with Crippen LogP contribution in [0.25, 0.3) is 16.8 Å². The van der Waals surface area contributed by atoms with Crippen LogP contribution in [-0.4, -0.2) is 25.4 Å². The number of hydrogen-bond acceptors (Lipinski definition) is 3. The molecule has 0 amide bonds. The van der Waals surface area contributed by atoms with Gasteiger partial charge in [-0.1, -0.05) is 55.3 Å². The van der Waals surface area contributed by atoms with E-state index in [2.05, 4.69) is 24.4 Å². The van der Waals surface area contributed by atoms with E-state index in [0.29, 0.717) is 24.0 Å². The highest BCUT2D eigenvalue weighted by molar-refractivity contribution is 6.34. The van der Waals surface area contributed by atoms with Crippen LogP contribution in [0.1, 0.15) is 61.3 Å². The van der Waals surface area contributed by atoms with Crippen molar-refractivity contribution in [3.05, 3.63) is 93.0 Å². The third-order valence-corrected chi connectivity index (χ3v) is 8.48. The van der Waals surface area contributed by atoms with Gasteiger partial charge in [0.25, 0.3) is 0 Å². The minimum Gasteiger partial charge on any atom is -0.488 e. The van der Waals surface area contributed by atoms with E-state index in [4.69, 9.17) is 16.3 Å². The van der Waals surface area contributed by atoms with Crippen LogP contribution in [0.2, 0.25) is 5.02 Å². The van der Waals surface area contributed by atoms with Crippen molar-refractivity contribution < 1.29 is 18.6 Å². The predicted octanol–water partition coefficient (Wildman–Crippen LogP) is 7.61. The first-order chi connectivity index (χ1) is 18.4. The maximum Gasteiger partial charge on any atom is 0.173 e. The number of nitrogens with one attached hydrogen (secondary N) is 1. The molecular weight excluding hydrogens is 504 g/mol. The molecule has 2 N–H and O–H groups in total. The van der Waals surface area contributed by atoms with Gasteiger partial charge in [0.15, 0.2) is 11.6 Å². The Hall–Kier alpha value is -2.89. The Labute approximate surface area is 228 Å². The van der Waals surface area contributed by atoms with E-state index < -0.39 is 11.6 Å². The van der Waals surface area contributed by atoms with Crippen molar-refractivity contribution in [2.24, 2.45) is 0 Å². The van der Waals surface area contributed by atoms with Crippen LogP contribution in [0, 0.1) is 11.6 Å². The van der Waals surface area contributed by atoms with Crippen molar-refractivity contribution in [3.63, 3.8) is 0 Å². The van der Waals surface area contributed by atoms with E-state index in [1.54, 1.807) is 6.07 Å². The highest BCUT2D eigenvalue weighted by Gasteiger charge is 2.41. The number of rotatable bonds is 9. The van der Waals surface area contributed by atoms with Gasteiger partial charge in [0, 0.05) is 34.9 Å². The molecule has 1 saturated carbocycles. The summed E-state index contributed by atoms with van der Waals surface area (Å²) in [5.41, 5.74) is 6.13. The molecule has 0 unspecified atom stereocenters. The molecule has 1 fully saturated rings. The lowest BCUT2D eigenvalue weighted by molar-refractivity contribution is 0.196. The predicted molar refractivity (Wildman–Crippen MR) is 150 cm³/mol. The van der Waals surface area contributed by atoms with Gasteiger partial charge in [0.05, 0.1) is 11.6 Å². The topological polar surface area (TPSA) is 41.5 Å². The van der Waals surface area contributed by atoms with Gasteiger partial charge in [-0.2, -0.15) is 0 Å². The zero-order valence-corrected chi connectivity index (χ0v) is 22.7. The number of ether oxygens (including phenoxy) is 1. The summed E-state index contributed by atoms with van der Waals surface area (Å²) in [7, 11) is 1.83. The lowest BCUT2D eigenvalue weighted by atomic mass is 9.74. The number of benzene rings is 3. The number of fused-ring (bicyclic) bond motifs is 1. The monoisotopic (exact) mass is 537 g/mol. The fourth-order valence-electron chi connectivity index (χ4n) is 6.28. The van der Waals surface area contributed by atoms with Crippen LogP contribution in [0.4, 0.5) is 8.78 Å². The maximum atomic E-state index is 16.4. The quantitative estimate of drug-likeness (QED) is 0.295. The van der Waals surface area contributed by atoms with E-state index in [-0.39, 0.29) is 35.0 Å². The summed E-state index contributed by atoms with van der Waals surface area (Å²) in [4.78, 5) is 0. The molecule has 0 spiro atoms. The summed E-state index contributed by atoms with van der Waals surface area (Å²) in [6.45, 7) is 1.87. The SMILES string of the molecule is CCC[C@]1(c2ccccc2)Cc2cc(F)c(Cl)c(-c3c(C(NC)=C4CCC4)ccc(OCCO)c3F)c2C1. The Kier molecular flexibility index (Phi) is 7.78. The van der Waals surface area contributed by atoms with Gasteiger partial charge in [-0.05, 0) is 79.0 Å². The number of aliphatic hydroxyl groups is 1. The van der Waals surface area contributed by atoms with E-state index in [1.165, 1.54) is 17.2 Å². The number of aliphatic hydroxyl groups excluding tert-OH is 1. The third-order valence-electron chi connectivity index (χ3n) is 8.11. The molecule has 3 aromatic rings. The summed E-state index contributed by atoms with van der Waals surface area (Å²) >= 11 is 6.74. The van der Waals surface area contributed by atoms with E-state index in [9.17, 15) is 5.11 Å². The molecule has 1 atom stereocenters. The summed E-state index contributed by atoms with van der Waals surface area (Å²) in [6.07, 6.45) is 6.15. The van der Waals surface area contributed by atoms with Crippen LogP contribution in [-0.2, 0) is 18.3 Å². The van der Waals surface area contributed by atoms with Crippen LogP contribution in [0.3, 0.4) is 0 Å². The molecule has 5 rings (SSSR count). The first-order valence-electron chi connectivity index (χ1n) is 13.5. The molecule has 0 heterocycles. The second kappa shape index (κ2) is 11.1. The zero-order valence-electron chi connectivity index (χ0n) is 22.0. The van der Waals surface area contributed by atoms with Crippen LogP contribution in [0.5, 0.6) is 5.75 Å². The fraction of sp³-hybridized carbons (Fsp3) is 0.375. The smallest absolute Gasteiger partial charge is 0.173 e. The van der Waals surface area contributed by atoms with Crippen LogP contribution in [0.15, 0.2) is 54.1 Å². The van der Waals surface area contributed by atoms with Gasteiger partial charge < -0.3 is 15.2 Å². The number of halogens is 3. The number of allylic oxidation sites excluding steroid dienone is 1. The molecule has 6 heteroatoms. The van der Waals surface area contributed by atoms with Crippen molar-refractivity contribution in [3.8, 4) is 16.9 Å². The van der Waals surface area contributed by atoms with Gasteiger partial charge >= 0.3 is 0 Å². The summed E-state index contributed by atoms with van der Waals surface area (Å²) in [5.74, 6) is -1.12. The number of hydrogen-bond donors (Lipinski definition) is 2. The Balaban J connectivity index is 1.76. The lowest BCUT2D eigenvalue weighted by Crippen LogP contribution is -2.26. The Morgan fingerprint density at radius 3 is 2.47 bits per heavy atom. The maximum absolute atomic E-state index is 16.4. The molecule has 2 aliphatic carbocycles. The van der Waals surface area contributed by atoms with Crippen molar-refractivity contribution in [1.29, 1.82) is 0 Å². The molecular formula is C32H34ClF2NO2. The van der Waals surface area contributed by atoms with Crippen LogP contribution >= 0.6 is 11.6 Å². The Bertz CT molecular complexity index is 1370. The Morgan fingerprint density at radius 1 is 1.08 bits per heavy atom. The van der Waals surface area contributed by atoms with E-state index in [1.807, 2.05) is 31.3 Å². The Morgan fingerprint density at radius 2 is 1.84 bits per heavy atom. The van der Waals surface area contributed by atoms with Crippen LogP contribution < -0.4 is 10.1 Å². The molecule has 200 valence electrons. The zero-order chi connectivity index (χ0) is 26.9. The third kappa shape index (κ3) is 4.60. The van der Waals surface area contributed by atoms with Crippen molar-refractivity contribution in [1.82, 2.24) is 5.32 Å². The summed E-state index contributed by atoms with van der Waals surface area (Å²) in [5, 5.41) is 12.5. The van der Waals surface area contributed by atoms with Gasteiger partial charge in [-0.15, -0.1) is 0 Å². The summed E-state index contributed by atoms with van der Waals surface area (Å²) < 4.78 is 37.5. The second-order valence-corrected chi connectivity index (χ2v) is 10.8. The normalized spacial score (nSPS) is 18.2. The molecule has 2 aliphatic rings. The second-order valence-electron chi connectivity index (χ2n) is 10.4. The minimum atomic E-state index is -0.592. The van der Waals surface area contributed by atoms with Gasteiger partial charge in [0.1, 0.15) is 12.4 Å². The molecule has 3 aromatic carbocycles. The molecule has 0 saturated heterocycles. The first-order valence-corrected chi connectivity index (χ1v) is 13.8. The largest absolute Gasteiger partial charge is 0.488 e. The highest BCUT2D eigenvalue weighted by atomic mass is 35.5. The minimum absolute atomic E-state index is 0.0156. The van der Waals surface area contributed by atoms with Crippen molar-refractivity contribution in [2.75, 3.05) is 20.3 Å². The van der Waals surface area contributed by atoms with Gasteiger partial charge in [0.2, 0.25) is 0 Å². The summed E-state index contributed by atoms with van der Waals surface area (Å²) in [6, 6.07) is 15.3. The fourth-order valence-corrected chi connectivity index (χ4v) is 6.54. The molecule has 3 nitrogen and oxygen atoms in total. The van der Waals surface area contributed by atoms with E-state index >= 15 is 8.78 Å². The van der Waals surface area contributed by atoms with Crippen molar-refractivity contribution >= 4 is 17.3 Å². The average molecular weight is 538 g/mol. The molecule has 0 radical (unpaired) electrons. The van der Waals surface area contributed by atoms with Crippen molar-refractivity contribution in [2.45, 2.75) is 57.3 Å². The molecule has 0 aromatic heterocycles. The first kappa shape index (κ1) is 26.7. The molecule has 0 aliphatic heterocycles. The lowest BCUT2D eigenvalue weighted by Gasteiger charge is -2.30. The molecule has 38 heavy (non-hydrogen) atoms. The van der Waals surface area contributed by atoms with E-state index in [0.717, 1.165) is 48.9 Å². The average Bonchev–Trinajstić information content (AvgIpc) is 3.26. The standard InChI is InChI=1S/C32H34ClF2NO2/c1-3-14-32(22-10-5-4-6-11-22)18-21-17-25(34)29(33)27(24(21)19-32)28-23(31(36-2)20-8-7-9-20)12-13-26(30(28)35)38-16-15-37/h4-6,10-13,17,36-37H,3,7-9,14-16,18-19H2,1-2H3/t32-/m0/s1. The van der Waals surface area contributed by atoms with Gasteiger partial charge in [-0.25, -0.2) is 8.78 Å². The highest BCUT2D eigenvalue weighted by Crippen LogP contribution is 2.51.